The number of rotatable bonds is 48. The predicted octanol–water partition coefficient (Wildman–Crippen LogP) is 16.8. The van der Waals surface area contributed by atoms with E-state index in [1.807, 2.05) is 27.2 Å². The third-order valence-corrected chi connectivity index (χ3v) is 12.4. The minimum atomic E-state index is -4.48. The molecule has 9 nitrogen and oxygen atoms in total. The van der Waals surface area contributed by atoms with Crippen molar-refractivity contribution in [1.29, 1.82) is 0 Å². The van der Waals surface area contributed by atoms with Crippen LogP contribution in [0.1, 0.15) is 201 Å². The van der Waals surface area contributed by atoms with Crippen LogP contribution in [0.15, 0.2) is 122 Å². The molecule has 2 N–H and O–H groups in total. The maximum atomic E-state index is 13.5. The van der Waals surface area contributed by atoms with Crippen molar-refractivity contribution < 1.29 is 37.3 Å². The summed E-state index contributed by atoms with van der Waals surface area (Å²) in [6.07, 6.45) is 69.3. The van der Waals surface area contributed by atoms with E-state index in [-0.39, 0.29) is 32.0 Å². The molecule has 0 rings (SSSR count). The van der Waals surface area contributed by atoms with E-state index in [4.69, 9.17) is 13.8 Å². The Hall–Kier alpha value is -3.59. The highest BCUT2D eigenvalue weighted by molar-refractivity contribution is 7.47. The SMILES string of the molecule is CC/C=C\C/C=C\C/C=C\C/C=C\C/C=C\CCCC(=O)NC(COP(=O)(O)OCC[N+](C)(C)C)C(/C=C/CCCCCCCCCCC)OC(=O)CCC/C=C\C/C=C\C/C=C\C/C=C\CCCCC. The number of nitrogens with one attached hydrogen (secondary N) is 1. The number of phosphoric ester groups is 1. The molecule has 0 bridgehead atoms. The van der Waals surface area contributed by atoms with Gasteiger partial charge in [0.05, 0.1) is 33.8 Å². The fraction of sp³-hybridized carbons (Fsp3) is 0.639. The summed E-state index contributed by atoms with van der Waals surface area (Å²) in [5, 5.41) is 2.99. The fourth-order valence-electron chi connectivity index (χ4n) is 7.08. The highest BCUT2D eigenvalue weighted by Gasteiger charge is 2.30. The first kappa shape index (κ1) is 67.4. The average Bonchev–Trinajstić information content (AvgIpc) is 3.33. The van der Waals surface area contributed by atoms with Crippen molar-refractivity contribution in [3.8, 4) is 0 Å². The van der Waals surface area contributed by atoms with Gasteiger partial charge in [0.2, 0.25) is 5.91 Å². The fourth-order valence-corrected chi connectivity index (χ4v) is 7.82. The van der Waals surface area contributed by atoms with Gasteiger partial charge in [0.1, 0.15) is 19.3 Å². The van der Waals surface area contributed by atoms with Crippen molar-refractivity contribution in [2.45, 2.75) is 213 Å². The summed E-state index contributed by atoms with van der Waals surface area (Å²) < 4.78 is 30.5. The summed E-state index contributed by atoms with van der Waals surface area (Å²) >= 11 is 0. The molecule has 0 aromatic rings. The molecule has 0 radical (unpaired) electrons. The molecule has 0 spiro atoms. The zero-order valence-corrected chi connectivity index (χ0v) is 46.8. The molecular weight excluding hydrogens is 904 g/mol. The molecule has 0 heterocycles. The van der Waals surface area contributed by atoms with Crippen LogP contribution in [-0.2, 0) is 27.9 Å². The third-order valence-electron chi connectivity index (χ3n) is 11.4. The van der Waals surface area contributed by atoms with Crippen LogP contribution >= 0.6 is 7.82 Å². The van der Waals surface area contributed by atoms with E-state index in [2.05, 4.69) is 135 Å². The molecule has 0 fully saturated rings. The highest BCUT2D eigenvalue weighted by Crippen LogP contribution is 2.43. The van der Waals surface area contributed by atoms with Crippen LogP contribution in [0.5, 0.6) is 0 Å². The van der Waals surface area contributed by atoms with Crippen LogP contribution in [0.25, 0.3) is 0 Å². The van der Waals surface area contributed by atoms with E-state index in [1.54, 1.807) is 6.08 Å². The molecule has 10 heteroatoms. The number of quaternary nitrogens is 1. The number of allylic oxidation sites excluding steroid dienone is 19. The molecule has 0 aromatic carbocycles. The number of carbonyl (C=O) groups excluding carboxylic acids is 2. The van der Waals surface area contributed by atoms with E-state index in [0.29, 0.717) is 23.9 Å². The van der Waals surface area contributed by atoms with Gasteiger partial charge in [-0.2, -0.15) is 0 Å². The minimum absolute atomic E-state index is 0.0145. The maximum Gasteiger partial charge on any atom is 0.472 e. The molecule has 0 aromatic heterocycles. The topological polar surface area (TPSA) is 111 Å². The first-order valence-corrected chi connectivity index (χ1v) is 29.4. The molecule has 3 atom stereocenters. The molecule has 0 saturated heterocycles. The Bertz CT molecular complexity index is 1630. The van der Waals surface area contributed by atoms with Gasteiger partial charge in [-0.15, -0.1) is 0 Å². The van der Waals surface area contributed by atoms with E-state index in [1.165, 1.54) is 70.6 Å². The number of carbonyl (C=O) groups is 2. The lowest BCUT2D eigenvalue weighted by molar-refractivity contribution is -0.870. The van der Waals surface area contributed by atoms with Gasteiger partial charge >= 0.3 is 13.8 Å². The van der Waals surface area contributed by atoms with Gasteiger partial charge in [-0.25, -0.2) is 4.57 Å². The van der Waals surface area contributed by atoms with Crippen LogP contribution in [0.3, 0.4) is 0 Å². The predicted molar refractivity (Wildman–Crippen MR) is 304 cm³/mol. The first-order valence-electron chi connectivity index (χ1n) is 27.9. The summed E-state index contributed by atoms with van der Waals surface area (Å²) in [5.41, 5.74) is 0. The van der Waals surface area contributed by atoms with Gasteiger partial charge in [0, 0.05) is 12.8 Å². The molecule has 404 valence electrons. The van der Waals surface area contributed by atoms with Gasteiger partial charge < -0.3 is 19.4 Å². The molecule has 0 saturated carbocycles. The molecule has 71 heavy (non-hydrogen) atoms. The second-order valence-electron chi connectivity index (χ2n) is 19.4. The summed E-state index contributed by atoms with van der Waals surface area (Å²) in [4.78, 5) is 37.5. The number of nitrogens with zero attached hydrogens (tertiary/aromatic N) is 1. The zero-order valence-electron chi connectivity index (χ0n) is 45.9. The maximum absolute atomic E-state index is 13.5. The van der Waals surface area contributed by atoms with E-state index < -0.39 is 25.9 Å². The van der Waals surface area contributed by atoms with Crippen LogP contribution in [0, 0.1) is 0 Å². The van der Waals surface area contributed by atoms with Crippen molar-refractivity contribution in [1.82, 2.24) is 5.32 Å². The van der Waals surface area contributed by atoms with Gasteiger partial charge in [0.25, 0.3) is 0 Å². The van der Waals surface area contributed by atoms with Gasteiger partial charge in [-0.3, -0.25) is 18.6 Å². The highest BCUT2D eigenvalue weighted by atomic mass is 31.2. The quantitative estimate of drug-likeness (QED) is 0.0205. The lowest BCUT2D eigenvalue weighted by Crippen LogP contribution is -2.47. The molecular formula is C61H104N2O7P+. The van der Waals surface area contributed by atoms with Crippen molar-refractivity contribution in [3.63, 3.8) is 0 Å². The second kappa shape index (κ2) is 50.0. The standard InChI is InChI=1S/C61H103N2O7P/c1-7-10-13-16-19-22-25-27-29-31-33-35-38-41-44-47-50-53-60(64)62-58(57-69-71(66,67)68-56-55-63(4,5)6)59(52-49-46-43-40-37-24-21-18-15-12-9-3)70-61(65)54-51-48-45-42-39-36-34-32-30-28-26-23-20-17-14-11-8-2/h10,13,19-20,22-23,27-30,33-36,41-42,44-45,49,52,58-59H,7-9,11-12,14-18,21,24-26,31-32,37-40,43,46-48,50-51,53-57H2,1-6H3,(H-,62,64,66,67)/p+1/b13-10-,22-19-,23-20-,29-27-,30-28-,35-33-,36-34-,44-41-,45-42-,52-49+. The number of phosphoric acid groups is 1. The lowest BCUT2D eigenvalue weighted by Gasteiger charge is -2.27. The molecule has 0 aliphatic rings. The van der Waals surface area contributed by atoms with Crippen LogP contribution in [-0.4, -0.2) is 74.3 Å². The first-order chi connectivity index (χ1) is 34.4. The van der Waals surface area contributed by atoms with Crippen molar-refractivity contribution in [3.05, 3.63) is 122 Å². The van der Waals surface area contributed by atoms with Crippen molar-refractivity contribution >= 4 is 19.7 Å². The largest absolute Gasteiger partial charge is 0.472 e. The summed E-state index contributed by atoms with van der Waals surface area (Å²) in [5.74, 6) is -0.652. The van der Waals surface area contributed by atoms with E-state index >= 15 is 0 Å². The zero-order chi connectivity index (χ0) is 52.2. The Balaban J connectivity index is 5.55. The smallest absolute Gasteiger partial charge is 0.456 e. The Morgan fingerprint density at radius 2 is 0.901 bits per heavy atom. The minimum Gasteiger partial charge on any atom is -0.456 e. The Morgan fingerprint density at radius 1 is 0.507 bits per heavy atom. The number of amides is 1. The summed E-state index contributed by atoms with van der Waals surface area (Å²) in [7, 11) is 1.41. The number of hydrogen-bond acceptors (Lipinski definition) is 6. The lowest BCUT2D eigenvalue weighted by atomic mass is 10.1. The van der Waals surface area contributed by atoms with Gasteiger partial charge in [-0.1, -0.05) is 200 Å². The summed E-state index contributed by atoms with van der Waals surface area (Å²) in [6.45, 7) is 6.75. The van der Waals surface area contributed by atoms with Gasteiger partial charge in [-0.05, 0) is 109 Å². The monoisotopic (exact) mass is 1010 g/mol. The summed E-state index contributed by atoms with van der Waals surface area (Å²) in [6, 6.07) is -0.907. The molecule has 1 amide bonds. The number of unbranched alkanes of at least 4 members (excludes halogenated alkanes) is 14. The molecule has 3 unspecified atom stereocenters. The van der Waals surface area contributed by atoms with E-state index in [0.717, 1.165) is 83.5 Å². The number of likely N-dealkylation sites (N-methyl/N-ethyl adjacent to an activating group) is 1. The molecule has 0 aliphatic carbocycles. The van der Waals surface area contributed by atoms with Crippen LogP contribution in [0.4, 0.5) is 0 Å². The van der Waals surface area contributed by atoms with E-state index in [9.17, 15) is 19.0 Å². The van der Waals surface area contributed by atoms with Crippen molar-refractivity contribution in [2.75, 3.05) is 40.9 Å². The normalized spacial score (nSPS) is 14.7. The number of ether oxygens (including phenoxy) is 1. The Morgan fingerprint density at radius 3 is 1.38 bits per heavy atom. The van der Waals surface area contributed by atoms with Crippen LogP contribution < -0.4 is 5.32 Å². The average molecular weight is 1010 g/mol. The Labute approximate surface area is 435 Å². The van der Waals surface area contributed by atoms with Crippen molar-refractivity contribution in [2.24, 2.45) is 0 Å². The number of esters is 1. The number of hydrogen-bond donors (Lipinski definition) is 2. The third kappa shape index (κ3) is 51.1. The second-order valence-corrected chi connectivity index (χ2v) is 20.8. The Kier molecular flexibility index (Phi) is 47.4. The molecule has 0 aliphatic heterocycles. The van der Waals surface area contributed by atoms with Gasteiger partial charge in [0.15, 0.2) is 0 Å². The van der Waals surface area contributed by atoms with Crippen LogP contribution in [0.2, 0.25) is 0 Å².